The van der Waals surface area contributed by atoms with Crippen molar-refractivity contribution in [3.05, 3.63) is 46.3 Å². The van der Waals surface area contributed by atoms with Gasteiger partial charge in [-0.15, -0.1) is 15.0 Å². The Balaban J connectivity index is 2.01. The normalized spacial score (nSPS) is 11.2. The molecule has 11 heteroatoms. The van der Waals surface area contributed by atoms with Crippen LogP contribution < -0.4 is 11.1 Å². The number of amides is 1. The quantitative estimate of drug-likeness (QED) is 0.672. The second-order valence-corrected chi connectivity index (χ2v) is 6.90. The van der Waals surface area contributed by atoms with Gasteiger partial charge in [-0.3, -0.25) is 9.48 Å². The first kappa shape index (κ1) is 18.7. The SMILES string of the molecule is CC(C)(C#N)n1cc(Nc2nn(-c3c(Cl)cccc3Cl)nc2C(N)=O)cn1. The van der Waals surface area contributed by atoms with E-state index in [2.05, 4.69) is 26.7 Å². The Labute approximate surface area is 164 Å². The van der Waals surface area contributed by atoms with Crippen LogP contribution in [0.2, 0.25) is 10.0 Å². The molecule has 0 unspecified atom stereocenters. The Bertz CT molecular complexity index is 1040. The lowest BCUT2D eigenvalue weighted by Crippen LogP contribution is -2.24. The highest BCUT2D eigenvalue weighted by Crippen LogP contribution is 2.29. The first-order valence-electron chi connectivity index (χ1n) is 7.68. The monoisotopic (exact) mass is 404 g/mol. The number of halogens is 2. The summed E-state index contributed by atoms with van der Waals surface area (Å²) >= 11 is 12.3. The summed E-state index contributed by atoms with van der Waals surface area (Å²) < 4.78 is 1.48. The zero-order valence-corrected chi connectivity index (χ0v) is 15.8. The Morgan fingerprint density at radius 2 is 1.96 bits per heavy atom. The molecule has 0 bridgehead atoms. The van der Waals surface area contributed by atoms with Gasteiger partial charge in [-0.25, -0.2) is 0 Å². The van der Waals surface area contributed by atoms with Crippen LogP contribution in [0.15, 0.2) is 30.6 Å². The summed E-state index contributed by atoms with van der Waals surface area (Å²) in [6.45, 7) is 3.43. The van der Waals surface area contributed by atoms with E-state index in [1.165, 1.54) is 10.9 Å². The smallest absolute Gasteiger partial charge is 0.273 e. The van der Waals surface area contributed by atoms with Gasteiger partial charge in [0.15, 0.2) is 11.5 Å². The topological polar surface area (TPSA) is 127 Å². The van der Waals surface area contributed by atoms with E-state index in [0.29, 0.717) is 21.4 Å². The van der Waals surface area contributed by atoms with Crippen LogP contribution in [0.3, 0.4) is 0 Å². The average molecular weight is 405 g/mol. The number of carbonyl (C=O) groups excluding carboxylic acids is 1. The zero-order chi connectivity index (χ0) is 19.8. The molecule has 2 heterocycles. The molecule has 0 aliphatic heterocycles. The molecule has 0 saturated carbocycles. The van der Waals surface area contributed by atoms with Crippen LogP contribution in [0.25, 0.3) is 5.69 Å². The predicted octanol–water partition coefficient (Wildman–Crippen LogP) is 2.87. The lowest BCUT2D eigenvalue weighted by atomic mass is 10.1. The maximum absolute atomic E-state index is 11.8. The summed E-state index contributed by atoms with van der Waals surface area (Å²) in [6.07, 6.45) is 3.10. The summed E-state index contributed by atoms with van der Waals surface area (Å²) in [7, 11) is 0. The fourth-order valence-corrected chi connectivity index (χ4v) is 2.77. The minimum absolute atomic E-state index is 0.0988. The van der Waals surface area contributed by atoms with Crippen molar-refractivity contribution in [3.8, 4) is 11.8 Å². The van der Waals surface area contributed by atoms with Crippen molar-refractivity contribution in [3.63, 3.8) is 0 Å². The number of aromatic nitrogens is 5. The molecule has 0 radical (unpaired) electrons. The second kappa shape index (κ2) is 6.90. The minimum atomic E-state index is -0.838. The number of primary amides is 1. The minimum Gasteiger partial charge on any atom is -0.364 e. The number of benzene rings is 1. The van der Waals surface area contributed by atoms with Crippen molar-refractivity contribution >= 4 is 40.6 Å². The van der Waals surface area contributed by atoms with Gasteiger partial charge in [0.1, 0.15) is 11.2 Å². The molecular weight excluding hydrogens is 391 g/mol. The molecule has 2 aromatic heterocycles. The van der Waals surface area contributed by atoms with Crippen LogP contribution in [0.1, 0.15) is 24.3 Å². The second-order valence-electron chi connectivity index (χ2n) is 6.09. The third kappa shape index (κ3) is 3.58. The van der Waals surface area contributed by atoms with E-state index < -0.39 is 11.4 Å². The number of anilines is 2. The van der Waals surface area contributed by atoms with E-state index in [1.807, 2.05) is 0 Å². The molecule has 0 fully saturated rings. The highest BCUT2D eigenvalue weighted by atomic mass is 35.5. The number of hydrogen-bond acceptors (Lipinski definition) is 6. The third-order valence-corrected chi connectivity index (χ3v) is 4.29. The maximum Gasteiger partial charge on any atom is 0.273 e. The molecule has 3 rings (SSSR count). The van der Waals surface area contributed by atoms with Crippen molar-refractivity contribution in [2.24, 2.45) is 5.73 Å². The first-order valence-corrected chi connectivity index (χ1v) is 8.43. The van der Waals surface area contributed by atoms with Crippen LogP contribution in [0.4, 0.5) is 11.5 Å². The van der Waals surface area contributed by atoms with E-state index in [-0.39, 0.29) is 11.5 Å². The highest BCUT2D eigenvalue weighted by molar-refractivity contribution is 6.37. The molecule has 0 atom stereocenters. The van der Waals surface area contributed by atoms with Crippen molar-refractivity contribution in [1.29, 1.82) is 5.26 Å². The summed E-state index contributed by atoms with van der Waals surface area (Å²) in [5.74, 6) is -0.676. The molecule has 27 heavy (non-hydrogen) atoms. The van der Waals surface area contributed by atoms with Crippen molar-refractivity contribution in [1.82, 2.24) is 24.8 Å². The first-order chi connectivity index (χ1) is 12.7. The van der Waals surface area contributed by atoms with Crippen LogP contribution in [0.5, 0.6) is 0 Å². The van der Waals surface area contributed by atoms with Gasteiger partial charge in [-0.1, -0.05) is 29.3 Å². The molecule has 3 N–H and O–H groups in total. The Hall–Kier alpha value is -3.09. The predicted molar refractivity (Wildman–Crippen MR) is 100 cm³/mol. The number of nitrogens with zero attached hydrogens (tertiary/aromatic N) is 6. The number of para-hydroxylation sites is 1. The van der Waals surface area contributed by atoms with Gasteiger partial charge in [-0.2, -0.15) is 10.4 Å². The van der Waals surface area contributed by atoms with Crippen LogP contribution >= 0.6 is 23.2 Å². The van der Waals surface area contributed by atoms with E-state index in [0.717, 1.165) is 4.80 Å². The molecule has 0 aliphatic carbocycles. The highest BCUT2D eigenvalue weighted by Gasteiger charge is 2.23. The lowest BCUT2D eigenvalue weighted by Gasteiger charge is -2.15. The number of hydrogen-bond donors (Lipinski definition) is 2. The van der Waals surface area contributed by atoms with Gasteiger partial charge >= 0.3 is 0 Å². The largest absolute Gasteiger partial charge is 0.364 e. The van der Waals surface area contributed by atoms with Gasteiger partial charge in [-0.05, 0) is 26.0 Å². The number of rotatable bonds is 5. The van der Waals surface area contributed by atoms with Gasteiger partial charge < -0.3 is 11.1 Å². The Morgan fingerprint density at radius 1 is 1.30 bits per heavy atom. The Morgan fingerprint density at radius 3 is 2.56 bits per heavy atom. The molecule has 0 aliphatic rings. The van der Waals surface area contributed by atoms with Gasteiger partial charge in [0.25, 0.3) is 5.91 Å². The fraction of sp³-hybridized carbons (Fsp3) is 0.188. The number of nitrogens with one attached hydrogen (secondary N) is 1. The molecule has 3 aromatic rings. The van der Waals surface area contributed by atoms with E-state index in [1.54, 1.807) is 38.2 Å². The summed E-state index contributed by atoms with van der Waals surface area (Å²) in [5.41, 5.74) is 5.29. The summed E-state index contributed by atoms with van der Waals surface area (Å²) in [4.78, 5) is 12.9. The van der Waals surface area contributed by atoms with Crippen LogP contribution in [-0.2, 0) is 5.54 Å². The van der Waals surface area contributed by atoms with E-state index in [9.17, 15) is 10.1 Å². The van der Waals surface area contributed by atoms with Crippen molar-refractivity contribution in [2.45, 2.75) is 19.4 Å². The maximum atomic E-state index is 11.8. The van der Waals surface area contributed by atoms with Crippen molar-refractivity contribution < 1.29 is 4.79 Å². The van der Waals surface area contributed by atoms with Crippen molar-refractivity contribution in [2.75, 3.05) is 5.32 Å². The fourth-order valence-electron chi connectivity index (χ4n) is 2.22. The van der Waals surface area contributed by atoms with E-state index in [4.69, 9.17) is 28.9 Å². The number of nitriles is 1. The summed E-state index contributed by atoms with van der Waals surface area (Å²) in [6, 6.07) is 7.06. The molecular formula is C16H14Cl2N8O. The van der Waals surface area contributed by atoms with Crippen LogP contribution in [-0.4, -0.2) is 30.7 Å². The lowest BCUT2D eigenvalue weighted by molar-refractivity contribution is 0.0996. The van der Waals surface area contributed by atoms with Gasteiger partial charge in [0.05, 0.1) is 34.2 Å². The van der Waals surface area contributed by atoms with Gasteiger partial charge in [0.2, 0.25) is 0 Å². The number of nitrogens with two attached hydrogens (primary N) is 1. The third-order valence-electron chi connectivity index (χ3n) is 3.68. The number of carbonyl (C=O) groups is 1. The zero-order valence-electron chi connectivity index (χ0n) is 14.3. The molecule has 0 saturated heterocycles. The molecule has 1 aromatic carbocycles. The molecule has 0 spiro atoms. The summed E-state index contributed by atoms with van der Waals surface area (Å²) in [5, 5.41) is 25.2. The standard InChI is InChI=1S/C16H14Cl2N8O/c1-16(2,8-19)25-7-9(6-21-25)22-15-12(14(20)27)23-26(24-15)13-10(17)4-3-5-11(13)18/h3-7H,1-2H3,(H2,20,27)(H,22,24). The van der Waals surface area contributed by atoms with Crippen LogP contribution in [0, 0.1) is 11.3 Å². The average Bonchev–Trinajstić information content (AvgIpc) is 3.23. The van der Waals surface area contributed by atoms with Gasteiger partial charge in [0, 0.05) is 0 Å². The Kier molecular flexibility index (Phi) is 4.78. The molecule has 9 nitrogen and oxygen atoms in total. The van der Waals surface area contributed by atoms with E-state index >= 15 is 0 Å². The molecule has 138 valence electrons. The molecule has 1 amide bonds.